The molecule has 5 rings (SSSR count). The normalized spacial score (nSPS) is 25.5. The molecule has 3 aliphatic heterocycles. The second kappa shape index (κ2) is 6.70. The predicted octanol–water partition coefficient (Wildman–Crippen LogP) is 3.41. The number of aromatic nitrogens is 1. The van der Waals surface area contributed by atoms with E-state index in [4.69, 9.17) is 16.3 Å². The number of piperidine rings is 3. The third kappa shape index (κ3) is 3.41. The van der Waals surface area contributed by atoms with Crippen LogP contribution in [0.25, 0.3) is 0 Å². The summed E-state index contributed by atoms with van der Waals surface area (Å²) >= 11 is 7.19. The third-order valence-electron chi connectivity index (χ3n) is 4.67. The summed E-state index contributed by atoms with van der Waals surface area (Å²) in [6, 6.07) is 7.39. The van der Waals surface area contributed by atoms with Crippen LogP contribution < -0.4 is 10.1 Å². The van der Waals surface area contributed by atoms with E-state index < -0.39 is 0 Å². The summed E-state index contributed by atoms with van der Waals surface area (Å²) < 4.78 is 5.71. The SMILES string of the molecule is O=C(N[C@H]1CN2CCC1CC2)c1ncc(Oc2cccc(Cl)c2)s1. The van der Waals surface area contributed by atoms with Gasteiger partial charge < -0.3 is 15.0 Å². The Balaban J connectivity index is 1.40. The van der Waals surface area contributed by atoms with Crippen LogP contribution in [0.15, 0.2) is 30.5 Å². The molecule has 24 heavy (non-hydrogen) atoms. The summed E-state index contributed by atoms with van der Waals surface area (Å²) in [5.41, 5.74) is 0. The van der Waals surface area contributed by atoms with Gasteiger partial charge in [-0.05, 0) is 50.0 Å². The molecule has 1 N–H and O–H groups in total. The summed E-state index contributed by atoms with van der Waals surface area (Å²) in [5.74, 6) is 1.12. The highest BCUT2D eigenvalue weighted by atomic mass is 35.5. The summed E-state index contributed by atoms with van der Waals surface area (Å²) in [5, 5.41) is 4.77. The van der Waals surface area contributed by atoms with Crippen LogP contribution in [-0.2, 0) is 0 Å². The van der Waals surface area contributed by atoms with Crippen LogP contribution in [0.5, 0.6) is 10.8 Å². The molecule has 1 aromatic heterocycles. The van der Waals surface area contributed by atoms with E-state index in [2.05, 4.69) is 15.2 Å². The van der Waals surface area contributed by atoms with E-state index >= 15 is 0 Å². The number of carbonyl (C=O) groups is 1. The van der Waals surface area contributed by atoms with Crippen molar-refractivity contribution in [2.75, 3.05) is 19.6 Å². The molecule has 5 nitrogen and oxygen atoms in total. The molecular formula is C17H18ClN3O2S. The van der Waals surface area contributed by atoms with Gasteiger partial charge in [0.15, 0.2) is 5.01 Å². The number of carbonyl (C=O) groups excluding carboxylic acids is 1. The lowest BCUT2D eigenvalue weighted by atomic mass is 9.84. The highest BCUT2D eigenvalue weighted by molar-refractivity contribution is 7.15. The van der Waals surface area contributed by atoms with Gasteiger partial charge in [-0.2, -0.15) is 0 Å². The van der Waals surface area contributed by atoms with Crippen molar-refractivity contribution in [3.8, 4) is 10.8 Å². The molecule has 126 valence electrons. The first-order chi connectivity index (χ1) is 11.7. The number of hydrogen-bond donors (Lipinski definition) is 1. The lowest BCUT2D eigenvalue weighted by Crippen LogP contribution is -2.57. The Labute approximate surface area is 149 Å². The number of hydrogen-bond acceptors (Lipinski definition) is 5. The van der Waals surface area contributed by atoms with Gasteiger partial charge in [0.05, 0.1) is 6.20 Å². The van der Waals surface area contributed by atoms with Crippen molar-refractivity contribution in [1.82, 2.24) is 15.2 Å². The van der Waals surface area contributed by atoms with Gasteiger partial charge in [0.25, 0.3) is 5.91 Å². The Bertz CT molecular complexity index is 743. The van der Waals surface area contributed by atoms with E-state index in [1.165, 1.54) is 24.2 Å². The monoisotopic (exact) mass is 363 g/mol. The average molecular weight is 364 g/mol. The molecule has 0 aliphatic carbocycles. The lowest BCUT2D eigenvalue weighted by molar-refractivity contribution is 0.0620. The second-order valence-corrected chi connectivity index (χ2v) is 7.69. The molecule has 4 heterocycles. The fourth-order valence-corrected chi connectivity index (χ4v) is 4.29. The Kier molecular flexibility index (Phi) is 4.43. The zero-order valence-electron chi connectivity index (χ0n) is 13.1. The first-order valence-electron chi connectivity index (χ1n) is 8.10. The van der Waals surface area contributed by atoms with Crippen molar-refractivity contribution in [2.24, 2.45) is 5.92 Å². The third-order valence-corrected chi connectivity index (χ3v) is 5.78. The number of amides is 1. The summed E-state index contributed by atoms with van der Waals surface area (Å²) in [6.45, 7) is 3.27. The number of benzene rings is 1. The van der Waals surface area contributed by atoms with Crippen LogP contribution in [-0.4, -0.2) is 41.5 Å². The number of fused-ring (bicyclic) bond motifs is 3. The van der Waals surface area contributed by atoms with Crippen molar-refractivity contribution < 1.29 is 9.53 Å². The average Bonchev–Trinajstić information content (AvgIpc) is 3.05. The first-order valence-corrected chi connectivity index (χ1v) is 9.29. The zero-order valence-corrected chi connectivity index (χ0v) is 14.6. The lowest BCUT2D eigenvalue weighted by Gasteiger charge is -2.44. The van der Waals surface area contributed by atoms with Crippen molar-refractivity contribution in [1.29, 1.82) is 0 Å². The molecule has 0 unspecified atom stereocenters. The van der Waals surface area contributed by atoms with Gasteiger partial charge in [-0.3, -0.25) is 4.79 Å². The van der Waals surface area contributed by atoms with Gasteiger partial charge in [0.1, 0.15) is 5.75 Å². The molecule has 1 aromatic carbocycles. The van der Waals surface area contributed by atoms with E-state index in [9.17, 15) is 4.79 Å². The number of halogens is 1. The van der Waals surface area contributed by atoms with Crippen molar-refractivity contribution in [3.05, 3.63) is 40.5 Å². The van der Waals surface area contributed by atoms with E-state index in [-0.39, 0.29) is 11.9 Å². The zero-order chi connectivity index (χ0) is 16.5. The maximum Gasteiger partial charge on any atom is 0.280 e. The molecular weight excluding hydrogens is 346 g/mol. The summed E-state index contributed by atoms with van der Waals surface area (Å²) in [7, 11) is 0. The van der Waals surface area contributed by atoms with E-state index in [0.717, 1.165) is 19.6 Å². The number of nitrogens with zero attached hydrogens (tertiary/aromatic N) is 2. The minimum Gasteiger partial charge on any atom is -0.445 e. The van der Waals surface area contributed by atoms with Crippen LogP contribution in [0.2, 0.25) is 5.02 Å². The van der Waals surface area contributed by atoms with Crippen LogP contribution in [0, 0.1) is 5.92 Å². The molecule has 2 aromatic rings. The van der Waals surface area contributed by atoms with E-state index in [1.54, 1.807) is 18.3 Å². The molecule has 0 radical (unpaired) electrons. The highest BCUT2D eigenvalue weighted by Crippen LogP contribution is 2.30. The second-order valence-electron chi connectivity index (χ2n) is 6.26. The van der Waals surface area contributed by atoms with Gasteiger partial charge in [-0.1, -0.05) is 29.0 Å². The van der Waals surface area contributed by atoms with E-state index in [0.29, 0.717) is 26.8 Å². The maximum absolute atomic E-state index is 12.5. The quantitative estimate of drug-likeness (QED) is 0.904. The molecule has 3 saturated heterocycles. The fraction of sp³-hybridized carbons (Fsp3) is 0.412. The van der Waals surface area contributed by atoms with Crippen LogP contribution in [0.4, 0.5) is 0 Å². The number of nitrogens with one attached hydrogen (secondary N) is 1. The smallest absolute Gasteiger partial charge is 0.280 e. The van der Waals surface area contributed by atoms with Crippen molar-refractivity contribution >= 4 is 28.8 Å². The van der Waals surface area contributed by atoms with Gasteiger partial charge in [-0.25, -0.2) is 4.98 Å². The highest BCUT2D eigenvalue weighted by Gasteiger charge is 2.35. The molecule has 1 atom stereocenters. The molecule has 3 fully saturated rings. The Morgan fingerprint density at radius 1 is 1.38 bits per heavy atom. The first kappa shape index (κ1) is 15.9. The number of ether oxygens (including phenoxy) is 1. The Morgan fingerprint density at radius 3 is 2.92 bits per heavy atom. The number of thiazole rings is 1. The summed E-state index contributed by atoms with van der Waals surface area (Å²) in [4.78, 5) is 19.1. The van der Waals surface area contributed by atoms with Crippen molar-refractivity contribution in [2.45, 2.75) is 18.9 Å². The van der Waals surface area contributed by atoms with Crippen LogP contribution in [0.1, 0.15) is 22.6 Å². The minimum absolute atomic E-state index is 0.111. The van der Waals surface area contributed by atoms with Gasteiger partial charge in [-0.15, -0.1) is 0 Å². The molecule has 0 spiro atoms. The number of rotatable bonds is 4. The van der Waals surface area contributed by atoms with Crippen molar-refractivity contribution in [3.63, 3.8) is 0 Å². The van der Waals surface area contributed by atoms with Gasteiger partial charge in [0, 0.05) is 17.6 Å². The minimum atomic E-state index is -0.111. The molecule has 3 aliphatic rings. The molecule has 0 saturated carbocycles. The molecule has 2 bridgehead atoms. The topological polar surface area (TPSA) is 54.5 Å². The largest absolute Gasteiger partial charge is 0.445 e. The summed E-state index contributed by atoms with van der Waals surface area (Å²) in [6.07, 6.45) is 3.93. The van der Waals surface area contributed by atoms with Gasteiger partial charge in [0.2, 0.25) is 5.06 Å². The fourth-order valence-electron chi connectivity index (χ4n) is 3.42. The maximum atomic E-state index is 12.5. The predicted molar refractivity (Wildman–Crippen MR) is 94.1 cm³/mol. The van der Waals surface area contributed by atoms with E-state index in [1.807, 2.05) is 12.1 Å². The van der Waals surface area contributed by atoms with Gasteiger partial charge >= 0.3 is 0 Å². The Morgan fingerprint density at radius 2 is 2.21 bits per heavy atom. The standard InChI is InChI=1S/C17H18ClN3O2S/c18-12-2-1-3-13(8-12)23-15-9-19-17(24-15)16(22)20-14-10-21-6-4-11(14)5-7-21/h1-3,8-9,11,14H,4-7,10H2,(H,20,22)/t14-/m0/s1. The van der Waals surface area contributed by atoms with Crippen LogP contribution in [0.3, 0.4) is 0 Å². The molecule has 7 heteroatoms. The Hall–Kier alpha value is -1.63. The molecule has 1 amide bonds. The van der Waals surface area contributed by atoms with Crippen LogP contribution >= 0.6 is 22.9 Å².